The van der Waals surface area contributed by atoms with E-state index in [0.29, 0.717) is 12.0 Å². The number of nitrogens with zero attached hydrogens (tertiary/aromatic N) is 2. The van der Waals surface area contributed by atoms with Crippen molar-refractivity contribution in [3.8, 4) is 0 Å². The van der Waals surface area contributed by atoms with Crippen LogP contribution in [0.5, 0.6) is 0 Å². The standard InChI is InChI=1S/C19H29N3O2/c1-3-23-13-17-6-4-16(5-7-17)12-21-18(20-2)22-10-8-19(14-22)9-11-24-15-19/h4-7H,3,8-15H2,1-2H3,(H,20,21). The molecule has 5 heteroatoms. The summed E-state index contributed by atoms with van der Waals surface area (Å²) in [5.74, 6) is 0.997. The summed E-state index contributed by atoms with van der Waals surface area (Å²) in [5, 5.41) is 3.50. The minimum absolute atomic E-state index is 0.360. The molecule has 2 aliphatic heterocycles. The van der Waals surface area contributed by atoms with Crippen LogP contribution in [0.3, 0.4) is 0 Å². The molecular weight excluding hydrogens is 302 g/mol. The quantitative estimate of drug-likeness (QED) is 0.665. The third kappa shape index (κ3) is 4.08. The average molecular weight is 331 g/mol. The zero-order valence-corrected chi connectivity index (χ0v) is 14.9. The summed E-state index contributed by atoms with van der Waals surface area (Å²) in [7, 11) is 1.86. The maximum Gasteiger partial charge on any atom is 0.193 e. The van der Waals surface area contributed by atoms with Crippen LogP contribution in [0.25, 0.3) is 0 Å². The first-order chi connectivity index (χ1) is 11.7. The molecule has 0 aromatic heterocycles. The third-order valence-electron chi connectivity index (χ3n) is 5.08. The van der Waals surface area contributed by atoms with Crippen molar-refractivity contribution in [3.05, 3.63) is 35.4 Å². The van der Waals surface area contributed by atoms with E-state index in [0.717, 1.165) is 45.4 Å². The summed E-state index contributed by atoms with van der Waals surface area (Å²) in [6.07, 6.45) is 2.39. The molecule has 0 radical (unpaired) electrons. The molecule has 2 heterocycles. The minimum Gasteiger partial charge on any atom is -0.381 e. The molecular formula is C19H29N3O2. The number of hydrogen-bond donors (Lipinski definition) is 1. The van der Waals surface area contributed by atoms with Gasteiger partial charge in [-0.15, -0.1) is 0 Å². The monoisotopic (exact) mass is 331 g/mol. The van der Waals surface area contributed by atoms with Crippen molar-refractivity contribution in [1.29, 1.82) is 0 Å². The number of hydrogen-bond acceptors (Lipinski definition) is 3. The summed E-state index contributed by atoms with van der Waals surface area (Å²) in [4.78, 5) is 6.84. The molecule has 1 N–H and O–H groups in total. The van der Waals surface area contributed by atoms with Crippen LogP contribution in [-0.2, 0) is 22.6 Å². The van der Waals surface area contributed by atoms with Crippen molar-refractivity contribution < 1.29 is 9.47 Å². The Morgan fingerprint density at radius 3 is 2.75 bits per heavy atom. The fourth-order valence-corrected chi connectivity index (χ4v) is 3.57. The zero-order chi connectivity index (χ0) is 16.8. The van der Waals surface area contributed by atoms with Gasteiger partial charge in [0, 0.05) is 45.3 Å². The van der Waals surface area contributed by atoms with Gasteiger partial charge in [0.15, 0.2) is 5.96 Å². The van der Waals surface area contributed by atoms with E-state index in [1.54, 1.807) is 0 Å². The second-order valence-electron chi connectivity index (χ2n) is 6.83. The molecule has 2 saturated heterocycles. The Labute approximate surface area is 145 Å². The molecule has 2 aliphatic rings. The lowest BCUT2D eigenvalue weighted by molar-refractivity contribution is 0.134. The zero-order valence-electron chi connectivity index (χ0n) is 14.9. The molecule has 0 saturated carbocycles. The number of aliphatic imine (C=N–C) groups is 1. The van der Waals surface area contributed by atoms with E-state index in [1.165, 1.54) is 24.0 Å². The molecule has 3 rings (SSSR count). The Morgan fingerprint density at radius 1 is 1.29 bits per heavy atom. The highest BCUT2D eigenvalue weighted by molar-refractivity contribution is 5.80. The van der Waals surface area contributed by atoms with Gasteiger partial charge in [-0.25, -0.2) is 0 Å². The van der Waals surface area contributed by atoms with Gasteiger partial charge in [-0.3, -0.25) is 4.99 Å². The molecule has 24 heavy (non-hydrogen) atoms. The molecule has 1 aromatic rings. The first-order valence-electron chi connectivity index (χ1n) is 8.93. The van der Waals surface area contributed by atoms with Crippen LogP contribution in [0, 0.1) is 5.41 Å². The Morgan fingerprint density at radius 2 is 2.08 bits per heavy atom. The van der Waals surface area contributed by atoms with Crippen molar-refractivity contribution in [2.45, 2.75) is 32.9 Å². The average Bonchev–Trinajstić information content (AvgIpc) is 3.25. The summed E-state index contributed by atoms with van der Waals surface area (Å²) >= 11 is 0. The van der Waals surface area contributed by atoms with Crippen molar-refractivity contribution in [3.63, 3.8) is 0 Å². The van der Waals surface area contributed by atoms with E-state index in [2.05, 4.69) is 39.5 Å². The number of guanidine groups is 1. The van der Waals surface area contributed by atoms with Crippen LogP contribution in [0.1, 0.15) is 30.9 Å². The summed E-state index contributed by atoms with van der Waals surface area (Å²) in [6, 6.07) is 8.59. The van der Waals surface area contributed by atoms with E-state index in [1.807, 2.05) is 14.0 Å². The number of likely N-dealkylation sites (tertiary alicyclic amines) is 1. The molecule has 1 unspecified atom stereocenters. The van der Waals surface area contributed by atoms with Gasteiger partial charge >= 0.3 is 0 Å². The predicted molar refractivity (Wildman–Crippen MR) is 96.0 cm³/mol. The second-order valence-corrected chi connectivity index (χ2v) is 6.83. The molecule has 132 valence electrons. The van der Waals surface area contributed by atoms with E-state index >= 15 is 0 Å². The highest BCUT2D eigenvalue weighted by Crippen LogP contribution is 2.38. The maximum atomic E-state index is 5.62. The van der Waals surface area contributed by atoms with E-state index < -0.39 is 0 Å². The largest absolute Gasteiger partial charge is 0.381 e. The lowest BCUT2D eigenvalue weighted by atomic mass is 9.87. The Kier molecular flexibility index (Phi) is 5.74. The molecule has 2 fully saturated rings. The molecule has 0 bridgehead atoms. The van der Waals surface area contributed by atoms with Gasteiger partial charge in [0.1, 0.15) is 0 Å². The van der Waals surface area contributed by atoms with Crippen LogP contribution in [0.4, 0.5) is 0 Å². The molecule has 1 atom stereocenters. The Balaban J connectivity index is 1.51. The summed E-state index contributed by atoms with van der Waals surface area (Å²) in [6.45, 7) is 8.18. The van der Waals surface area contributed by atoms with Crippen LogP contribution >= 0.6 is 0 Å². The van der Waals surface area contributed by atoms with Crippen molar-refractivity contribution >= 4 is 5.96 Å². The second kappa shape index (κ2) is 7.99. The van der Waals surface area contributed by atoms with Gasteiger partial charge in [0.2, 0.25) is 0 Å². The molecule has 1 spiro atoms. The SMILES string of the molecule is CCOCc1ccc(CNC(=NC)N2CCC3(CCOC3)C2)cc1. The molecule has 0 aliphatic carbocycles. The van der Waals surface area contributed by atoms with Crippen LogP contribution < -0.4 is 5.32 Å². The van der Waals surface area contributed by atoms with Crippen molar-refractivity contribution in [2.24, 2.45) is 10.4 Å². The first-order valence-corrected chi connectivity index (χ1v) is 8.93. The number of benzene rings is 1. The van der Waals surface area contributed by atoms with Gasteiger partial charge in [-0.05, 0) is 30.9 Å². The number of rotatable bonds is 5. The van der Waals surface area contributed by atoms with Gasteiger partial charge < -0.3 is 19.7 Å². The van der Waals surface area contributed by atoms with Crippen molar-refractivity contribution in [1.82, 2.24) is 10.2 Å². The highest BCUT2D eigenvalue weighted by atomic mass is 16.5. The van der Waals surface area contributed by atoms with Gasteiger partial charge in [-0.1, -0.05) is 24.3 Å². The summed E-state index contributed by atoms with van der Waals surface area (Å²) < 4.78 is 11.1. The first kappa shape index (κ1) is 17.2. The van der Waals surface area contributed by atoms with E-state index in [4.69, 9.17) is 9.47 Å². The molecule has 0 amide bonds. The molecule has 1 aromatic carbocycles. The Bertz CT molecular complexity index is 550. The number of nitrogens with one attached hydrogen (secondary N) is 1. The van der Waals surface area contributed by atoms with Gasteiger partial charge in [0.25, 0.3) is 0 Å². The van der Waals surface area contributed by atoms with Crippen LogP contribution in [-0.4, -0.2) is 50.8 Å². The van der Waals surface area contributed by atoms with E-state index in [9.17, 15) is 0 Å². The minimum atomic E-state index is 0.360. The normalized spacial score (nSPS) is 24.1. The third-order valence-corrected chi connectivity index (χ3v) is 5.08. The molecule has 5 nitrogen and oxygen atoms in total. The van der Waals surface area contributed by atoms with Crippen LogP contribution in [0.15, 0.2) is 29.3 Å². The topological polar surface area (TPSA) is 46.1 Å². The lowest BCUT2D eigenvalue weighted by Crippen LogP contribution is -2.41. The fourth-order valence-electron chi connectivity index (χ4n) is 3.57. The van der Waals surface area contributed by atoms with Gasteiger partial charge in [0.05, 0.1) is 13.2 Å². The predicted octanol–water partition coefficient (Wildman–Crippen LogP) is 2.41. The van der Waals surface area contributed by atoms with Gasteiger partial charge in [-0.2, -0.15) is 0 Å². The maximum absolute atomic E-state index is 5.62. The van der Waals surface area contributed by atoms with Crippen LogP contribution in [0.2, 0.25) is 0 Å². The smallest absolute Gasteiger partial charge is 0.193 e. The number of ether oxygens (including phenoxy) is 2. The fraction of sp³-hybridized carbons (Fsp3) is 0.632. The Hall–Kier alpha value is -1.59. The highest BCUT2D eigenvalue weighted by Gasteiger charge is 2.42. The lowest BCUT2D eigenvalue weighted by Gasteiger charge is -2.25. The van der Waals surface area contributed by atoms with Crippen molar-refractivity contribution in [2.75, 3.05) is 40.0 Å². The van der Waals surface area contributed by atoms with E-state index in [-0.39, 0.29) is 0 Å². The summed E-state index contributed by atoms with van der Waals surface area (Å²) in [5.41, 5.74) is 2.83.